The summed E-state index contributed by atoms with van der Waals surface area (Å²) in [6, 6.07) is 16.3. The molecule has 1 heterocycles. The van der Waals surface area contributed by atoms with E-state index >= 15 is 0 Å². The minimum Gasteiger partial charge on any atom is -0.491 e. The molecule has 6 nitrogen and oxygen atoms in total. The van der Waals surface area contributed by atoms with Gasteiger partial charge in [-0.3, -0.25) is 9.67 Å². The molecular weight excluding hydrogens is 453 g/mol. The number of nitrogens with one attached hydrogen (secondary N) is 2. The molecule has 27 heavy (non-hydrogen) atoms. The van der Waals surface area contributed by atoms with Gasteiger partial charge in [-0.05, 0) is 23.9 Å². The van der Waals surface area contributed by atoms with E-state index in [0.717, 1.165) is 36.6 Å². The highest BCUT2D eigenvalue weighted by Crippen LogP contribution is 2.24. The van der Waals surface area contributed by atoms with Crippen LogP contribution in [0.5, 0.6) is 5.75 Å². The molecule has 0 radical (unpaired) electrons. The summed E-state index contributed by atoms with van der Waals surface area (Å²) in [5, 5.41) is 13.1. The SMILES string of the molecule is CN=C(NCCCn1cccn1)NCCOc1cccc2ccccc12.I. The van der Waals surface area contributed by atoms with Gasteiger partial charge in [0.25, 0.3) is 0 Å². The first-order chi connectivity index (χ1) is 12.9. The number of fused-ring (bicyclic) bond motifs is 1. The quantitative estimate of drug-likeness (QED) is 0.225. The molecule has 2 aromatic carbocycles. The molecule has 0 saturated carbocycles. The minimum absolute atomic E-state index is 0. The maximum atomic E-state index is 5.93. The summed E-state index contributed by atoms with van der Waals surface area (Å²) in [4.78, 5) is 4.23. The summed E-state index contributed by atoms with van der Waals surface area (Å²) >= 11 is 0. The summed E-state index contributed by atoms with van der Waals surface area (Å²) in [5.41, 5.74) is 0. The summed E-state index contributed by atoms with van der Waals surface area (Å²) < 4.78 is 7.86. The van der Waals surface area contributed by atoms with Crippen molar-refractivity contribution in [3.05, 3.63) is 60.9 Å². The second-order valence-corrected chi connectivity index (χ2v) is 5.87. The van der Waals surface area contributed by atoms with E-state index in [4.69, 9.17) is 4.74 Å². The van der Waals surface area contributed by atoms with Crippen molar-refractivity contribution in [2.45, 2.75) is 13.0 Å². The molecule has 0 atom stereocenters. The molecule has 0 amide bonds. The highest BCUT2D eigenvalue weighted by molar-refractivity contribution is 14.0. The third kappa shape index (κ3) is 6.42. The van der Waals surface area contributed by atoms with Crippen molar-refractivity contribution in [2.24, 2.45) is 4.99 Å². The number of rotatable bonds is 8. The number of hydrogen-bond donors (Lipinski definition) is 2. The van der Waals surface area contributed by atoms with Gasteiger partial charge in [0.1, 0.15) is 12.4 Å². The lowest BCUT2D eigenvalue weighted by Gasteiger charge is -2.13. The molecule has 0 fully saturated rings. The fourth-order valence-corrected chi connectivity index (χ4v) is 2.75. The number of halogens is 1. The Kier molecular flexibility index (Phi) is 8.90. The molecule has 7 heteroatoms. The zero-order chi connectivity index (χ0) is 18.0. The Morgan fingerprint density at radius 1 is 1.07 bits per heavy atom. The van der Waals surface area contributed by atoms with Crippen LogP contribution in [0.2, 0.25) is 0 Å². The lowest BCUT2D eigenvalue weighted by Crippen LogP contribution is -2.39. The van der Waals surface area contributed by atoms with Crippen molar-refractivity contribution >= 4 is 40.7 Å². The summed E-state index contributed by atoms with van der Waals surface area (Å²) in [7, 11) is 1.77. The molecule has 0 aliphatic carbocycles. The molecular formula is C20H26IN5O. The molecule has 144 valence electrons. The fourth-order valence-electron chi connectivity index (χ4n) is 2.75. The van der Waals surface area contributed by atoms with Gasteiger partial charge in [0.2, 0.25) is 0 Å². The second kappa shape index (κ2) is 11.4. The van der Waals surface area contributed by atoms with Crippen LogP contribution in [0, 0.1) is 0 Å². The predicted molar refractivity (Wildman–Crippen MR) is 121 cm³/mol. The average Bonchev–Trinajstić information content (AvgIpc) is 3.20. The van der Waals surface area contributed by atoms with Crippen LogP contribution in [-0.4, -0.2) is 42.5 Å². The van der Waals surface area contributed by atoms with Crippen molar-refractivity contribution in [1.82, 2.24) is 20.4 Å². The van der Waals surface area contributed by atoms with Gasteiger partial charge < -0.3 is 15.4 Å². The van der Waals surface area contributed by atoms with E-state index in [-0.39, 0.29) is 24.0 Å². The lowest BCUT2D eigenvalue weighted by atomic mass is 10.1. The Hall–Kier alpha value is -2.29. The van der Waals surface area contributed by atoms with Gasteiger partial charge in [-0.2, -0.15) is 5.10 Å². The van der Waals surface area contributed by atoms with E-state index in [0.29, 0.717) is 13.2 Å². The first-order valence-electron chi connectivity index (χ1n) is 8.89. The number of aliphatic imine (C=N–C) groups is 1. The molecule has 2 N–H and O–H groups in total. The highest BCUT2D eigenvalue weighted by atomic mass is 127. The van der Waals surface area contributed by atoms with Crippen LogP contribution in [0.4, 0.5) is 0 Å². The maximum Gasteiger partial charge on any atom is 0.191 e. The molecule has 3 aromatic rings. The summed E-state index contributed by atoms with van der Waals surface area (Å²) in [6.07, 6.45) is 4.75. The van der Waals surface area contributed by atoms with Gasteiger partial charge >= 0.3 is 0 Å². The predicted octanol–water partition coefficient (Wildman–Crippen LogP) is 3.29. The summed E-state index contributed by atoms with van der Waals surface area (Å²) in [5.74, 6) is 1.69. The van der Waals surface area contributed by atoms with E-state index in [2.05, 4.69) is 38.9 Å². The van der Waals surface area contributed by atoms with Gasteiger partial charge in [-0.1, -0.05) is 36.4 Å². The zero-order valence-corrected chi connectivity index (χ0v) is 17.8. The third-order valence-corrected chi connectivity index (χ3v) is 4.04. The Bertz CT molecular complexity index is 830. The topological polar surface area (TPSA) is 63.5 Å². The van der Waals surface area contributed by atoms with Gasteiger partial charge in [0.15, 0.2) is 5.96 Å². The maximum absolute atomic E-state index is 5.93. The zero-order valence-electron chi connectivity index (χ0n) is 15.5. The second-order valence-electron chi connectivity index (χ2n) is 5.87. The Balaban J connectivity index is 0.00000261. The largest absolute Gasteiger partial charge is 0.491 e. The van der Waals surface area contributed by atoms with E-state index in [1.54, 1.807) is 13.2 Å². The minimum atomic E-state index is 0. The van der Waals surface area contributed by atoms with E-state index in [1.165, 1.54) is 5.39 Å². The standard InChI is InChI=1S/C20H25N5O.HI/c1-21-20(22-11-5-14-25-15-6-12-24-25)23-13-16-26-19-10-4-8-17-7-2-3-9-18(17)19;/h2-4,6-10,12,15H,5,11,13-14,16H2,1H3,(H2,21,22,23);1H. The van der Waals surface area contributed by atoms with Crippen LogP contribution >= 0.6 is 24.0 Å². The average molecular weight is 479 g/mol. The molecule has 0 aliphatic heterocycles. The number of guanidine groups is 1. The Labute approximate surface area is 177 Å². The third-order valence-electron chi connectivity index (χ3n) is 4.04. The monoisotopic (exact) mass is 479 g/mol. The Morgan fingerprint density at radius 3 is 2.70 bits per heavy atom. The number of benzene rings is 2. The number of ether oxygens (including phenoxy) is 1. The molecule has 3 rings (SSSR count). The smallest absolute Gasteiger partial charge is 0.191 e. The highest BCUT2D eigenvalue weighted by Gasteiger charge is 2.02. The van der Waals surface area contributed by atoms with E-state index in [9.17, 15) is 0 Å². The van der Waals surface area contributed by atoms with E-state index < -0.39 is 0 Å². The number of aromatic nitrogens is 2. The van der Waals surface area contributed by atoms with Crippen LogP contribution in [0.25, 0.3) is 10.8 Å². The van der Waals surface area contributed by atoms with E-state index in [1.807, 2.05) is 41.2 Å². The molecule has 1 aromatic heterocycles. The van der Waals surface area contributed by atoms with Crippen LogP contribution < -0.4 is 15.4 Å². The first-order valence-corrected chi connectivity index (χ1v) is 8.89. The lowest BCUT2D eigenvalue weighted by molar-refractivity contribution is 0.325. The molecule has 0 unspecified atom stereocenters. The number of hydrogen-bond acceptors (Lipinski definition) is 3. The summed E-state index contributed by atoms with van der Waals surface area (Å²) in [6.45, 7) is 2.98. The molecule has 0 spiro atoms. The van der Waals surface area contributed by atoms with Crippen LogP contribution in [0.1, 0.15) is 6.42 Å². The van der Waals surface area contributed by atoms with Crippen LogP contribution in [0.15, 0.2) is 65.9 Å². The van der Waals surface area contributed by atoms with Crippen molar-refractivity contribution in [3.8, 4) is 5.75 Å². The van der Waals surface area contributed by atoms with Crippen molar-refractivity contribution in [3.63, 3.8) is 0 Å². The van der Waals surface area contributed by atoms with Crippen molar-refractivity contribution < 1.29 is 4.74 Å². The van der Waals surface area contributed by atoms with Gasteiger partial charge in [0, 0.05) is 37.9 Å². The van der Waals surface area contributed by atoms with Gasteiger partial charge in [-0.15, -0.1) is 24.0 Å². The molecule has 0 bridgehead atoms. The Morgan fingerprint density at radius 2 is 1.89 bits per heavy atom. The molecule has 0 aliphatic rings. The normalized spacial score (nSPS) is 11.1. The molecule has 0 saturated heterocycles. The van der Waals surface area contributed by atoms with Crippen LogP contribution in [-0.2, 0) is 6.54 Å². The van der Waals surface area contributed by atoms with Crippen molar-refractivity contribution in [1.29, 1.82) is 0 Å². The fraction of sp³-hybridized carbons (Fsp3) is 0.300. The van der Waals surface area contributed by atoms with Gasteiger partial charge in [-0.25, -0.2) is 0 Å². The number of aryl methyl sites for hydroxylation is 1. The number of nitrogens with zero attached hydrogens (tertiary/aromatic N) is 3. The van der Waals surface area contributed by atoms with Crippen LogP contribution in [0.3, 0.4) is 0 Å². The van der Waals surface area contributed by atoms with Gasteiger partial charge in [0.05, 0.1) is 6.54 Å². The van der Waals surface area contributed by atoms with Crippen molar-refractivity contribution in [2.75, 3.05) is 26.7 Å². The first kappa shape index (κ1) is 21.0.